The molecule has 2 aromatic carbocycles. The standard InChI is InChI=1S/C16H16ClN3/c1-10-4-2-3-5-11(10)6-7-15-19-14-9-12(17)8-13(18)16(14)20-15/h2-5,8-9H,6-7,18H2,1H3,(H,19,20). The first-order valence-electron chi connectivity index (χ1n) is 6.61. The van der Waals surface area contributed by atoms with Gasteiger partial charge in [0.05, 0.1) is 11.2 Å². The first-order chi connectivity index (χ1) is 9.63. The Bertz CT molecular complexity index is 762. The van der Waals surface area contributed by atoms with E-state index in [0.717, 1.165) is 29.7 Å². The number of nitrogens with two attached hydrogens (primary N) is 1. The third kappa shape index (κ3) is 2.49. The first kappa shape index (κ1) is 13.0. The Labute approximate surface area is 122 Å². The summed E-state index contributed by atoms with van der Waals surface area (Å²) in [6.45, 7) is 2.13. The van der Waals surface area contributed by atoms with E-state index in [2.05, 4.69) is 41.2 Å². The van der Waals surface area contributed by atoms with Gasteiger partial charge in [0.15, 0.2) is 0 Å². The number of nitrogens with zero attached hydrogens (tertiary/aromatic N) is 1. The zero-order valence-corrected chi connectivity index (χ0v) is 12.0. The molecule has 1 aromatic heterocycles. The molecule has 20 heavy (non-hydrogen) atoms. The minimum Gasteiger partial charge on any atom is -0.397 e. The summed E-state index contributed by atoms with van der Waals surface area (Å²) in [6, 6.07) is 12.0. The summed E-state index contributed by atoms with van der Waals surface area (Å²) in [5, 5.41) is 0.629. The van der Waals surface area contributed by atoms with Crippen LogP contribution >= 0.6 is 11.6 Å². The van der Waals surface area contributed by atoms with Crippen molar-refractivity contribution in [2.45, 2.75) is 19.8 Å². The number of aromatic nitrogens is 2. The number of hydrogen-bond donors (Lipinski definition) is 2. The molecule has 3 aromatic rings. The van der Waals surface area contributed by atoms with Gasteiger partial charge in [0.1, 0.15) is 11.3 Å². The van der Waals surface area contributed by atoms with Crippen LogP contribution in [-0.2, 0) is 12.8 Å². The van der Waals surface area contributed by atoms with Crippen LogP contribution in [-0.4, -0.2) is 9.97 Å². The van der Waals surface area contributed by atoms with Crippen molar-refractivity contribution in [1.29, 1.82) is 0 Å². The fraction of sp³-hybridized carbons (Fsp3) is 0.188. The number of fused-ring (bicyclic) bond motifs is 1. The highest BCUT2D eigenvalue weighted by Gasteiger charge is 2.08. The Hall–Kier alpha value is -2.00. The van der Waals surface area contributed by atoms with Gasteiger partial charge in [-0.05, 0) is 36.6 Å². The van der Waals surface area contributed by atoms with Gasteiger partial charge in [-0.1, -0.05) is 35.9 Å². The predicted molar refractivity (Wildman–Crippen MR) is 84.1 cm³/mol. The molecule has 0 aliphatic heterocycles. The number of nitrogens with one attached hydrogen (secondary N) is 1. The minimum atomic E-state index is 0.617. The van der Waals surface area contributed by atoms with Crippen LogP contribution in [0.3, 0.4) is 0 Å². The van der Waals surface area contributed by atoms with Gasteiger partial charge in [0.2, 0.25) is 0 Å². The van der Waals surface area contributed by atoms with Crippen LogP contribution in [0.2, 0.25) is 5.02 Å². The molecule has 0 bridgehead atoms. The van der Waals surface area contributed by atoms with Crippen molar-refractivity contribution < 1.29 is 0 Å². The summed E-state index contributed by atoms with van der Waals surface area (Å²) in [5.74, 6) is 0.942. The highest BCUT2D eigenvalue weighted by atomic mass is 35.5. The number of imidazole rings is 1. The van der Waals surface area contributed by atoms with E-state index in [-0.39, 0.29) is 0 Å². The summed E-state index contributed by atoms with van der Waals surface area (Å²) < 4.78 is 0. The van der Waals surface area contributed by atoms with Gasteiger partial charge < -0.3 is 10.7 Å². The van der Waals surface area contributed by atoms with Gasteiger partial charge in [-0.15, -0.1) is 0 Å². The fourth-order valence-corrected chi connectivity index (χ4v) is 2.65. The maximum Gasteiger partial charge on any atom is 0.112 e. The van der Waals surface area contributed by atoms with Crippen LogP contribution in [0.4, 0.5) is 5.69 Å². The van der Waals surface area contributed by atoms with E-state index in [9.17, 15) is 0 Å². The molecule has 0 amide bonds. The quantitative estimate of drug-likeness (QED) is 0.717. The number of rotatable bonds is 3. The third-order valence-corrected chi connectivity index (χ3v) is 3.74. The second-order valence-electron chi connectivity index (χ2n) is 5.00. The van der Waals surface area contributed by atoms with Crippen molar-refractivity contribution in [3.05, 3.63) is 58.4 Å². The Morgan fingerprint density at radius 3 is 2.80 bits per heavy atom. The number of halogens is 1. The van der Waals surface area contributed by atoms with E-state index >= 15 is 0 Å². The molecule has 0 aliphatic carbocycles. The second kappa shape index (κ2) is 5.17. The van der Waals surface area contributed by atoms with Gasteiger partial charge in [0, 0.05) is 11.4 Å². The maximum absolute atomic E-state index is 6.00. The molecule has 0 saturated heterocycles. The third-order valence-electron chi connectivity index (χ3n) is 3.52. The van der Waals surface area contributed by atoms with Crippen LogP contribution < -0.4 is 5.73 Å². The lowest BCUT2D eigenvalue weighted by Crippen LogP contribution is -1.95. The van der Waals surface area contributed by atoms with Gasteiger partial charge in [-0.25, -0.2) is 4.98 Å². The summed E-state index contributed by atoms with van der Waals surface area (Å²) in [6.07, 6.45) is 1.82. The molecule has 0 saturated carbocycles. The van der Waals surface area contributed by atoms with Crippen LogP contribution in [0, 0.1) is 6.92 Å². The van der Waals surface area contributed by atoms with E-state index in [4.69, 9.17) is 17.3 Å². The fourth-order valence-electron chi connectivity index (χ4n) is 2.42. The average molecular weight is 286 g/mol. The molecule has 0 atom stereocenters. The minimum absolute atomic E-state index is 0.617. The smallest absolute Gasteiger partial charge is 0.112 e. The molecule has 3 nitrogen and oxygen atoms in total. The van der Waals surface area contributed by atoms with Crippen molar-refractivity contribution in [3.8, 4) is 0 Å². The highest BCUT2D eigenvalue weighted by molar-refractivity contribution is 6.31. The van der Waals surface area contributed by atoms with Crippen molar-refractivity contribution in [2.75, 3.05) is 5.73 Å². The lowest BCUT2D eigenvalue weighted by Gasteiger charge is -2.03. The van der Waals surface area contributed by atoms with Gasteiger partial charge in [0.25, 0.3) is 0 Å². The number of H-pyrrole nitrogens is 1. The lowest BCUT2D eigenvalue weighted by molar-refractivity contribution is 0.884. The monoisotopic (exact) mass is 285 g/mol. The molecule has 0 radical (unpaired) electrons. The van der Waals surface area contributed by atoms with E-state index in [0.29, 0.717) is 10.7 Å². The first-order valence-corrected chi connectivity index (χ1v) is 6.99. The molecular weight excluding hydrogens is 270 g/mol. The summed E-state index contributed by atoms with van der Waals surface area (Å²) in [7, 11) is 0. The Kier molecular flexibility index (Phi) is 3.36. The van der Waals surface area contributed by atoms with E-state index in [1.807, 2.05) is 6.07 Å². The Morgan fingerprint density at radius 2 is 2.00 bits per heavy atom. The molecule has 1 heterocycles. The SMILES string of the molecule is Cc1ccccc1CCc1nc2c(N)cc(Cl)cc2[nH]1. The second-order valence-corrected chi connectivity index (χ2v) is 5.44. The molecule has 0 fully saturated rings. The van der Waals surface area contributed by atoms with Gasteiger partial charge >= 0.3 is 0 Å². The average Bonchev–Trinajstić information content (AvgIpc) is 2.81. The molecule has 4 heteroatoms. The van der Waals surface area contributed by atoms with Gasteiger partial charge in [-0.2, -0.15) is 0 Å². The van der Waals surface area contributed by atoms with E-state index in [1.165, 1.54) is 11.1 Å². The molecule has 3 N–H and O–H groups in total. The maximum atomic E-state index is 6.00. The number of aromatic amines is 1. The molecule has 3 rings (SSSR count). The van der Waals surface area contributed by atoms with Gasteiger partial charge in [-0.3, -0.25) is 0 Å². The van der Waals surface area contributed by atoms with E-state index in [1.54, 1.807) is 6.07 Å². The predicted octanol–water partition coefficient (Wildman–Crippen LogP) is 3.89. The van der Waals surface area contributed by atoms with E-state index < -0.39 is 0 Å². The largest absolute Gasteiger partial charge is 0.397 e. The lowest BCUT2D eigenvalue weighted by atomic mass is 10.0. The molecular formula is C16H16ClN3. The van der Waals surface area contributed by atoms with Crippen molar-refractivity contribution >= 4 is 28.3 Å². The van der Waals surface area contributed by atoms with Crippen molar-refractivity contribution in [1.82, 2.24) is 9.97 Å². The molecule has 0 unspecified atom stereocenters. The van der Waals surface area contributed by atoms with Crippen LogP contribution in [0.5, 0.6) is 0 Å². The highest BCUT2D eigenvalue weighted by Crippen LogP contribution is 2.24. The van der Waals surface area contributed by atoms with Crippen molar-refractivity contribution in [2.24, 2.45) is 0 Å². The van der Waals surface area contributed by atoms with Crippen LogP contribution in [0.25, 0.3) is 11.0 Å². The van der Waals surface area contributed by atoms with Crippen molar-refractivity contribution in [3.63, 3.8) is 0 Å². The summed E-state index contributed by atoms with van der Waals surface area (Å²) >= 11 is 6.00. The molecule has 0 aliphatic rings. The normalized spacial score (nSPS) is 11.1. The zero-order chi connectivity index (χ0) is 14.1. The zero-order valence-electron chi connectivity index (χ0n) is 11.3. The molecule has 102 valence electrons. The number of aryl methyl sites for hydroxylation is 3. The topological polar surface area (TPSA) is 54.7 Å². The Balaban J connectivity index is 1.85. The molecule has 0 spiro atoms. The Morgan fingerprint density at radius 1 is 1.20 bits per heavy atom. The number of benzene rings is 2. The number of hydrogen-bond acceptors (Lipinski definition) is 2. The number of anilines is 1. The van der Waals surface area contributed by atoms with Crippen LogP contribution in [0.15, 0.2) is 36.4 Å². The summed E-state index contributed by atoms with van der Waals surface area (Å²) in [4.78, 5) is 7.85. The number of nitrogen functional groups attached to an aromatic ring is 1. The van der Waals surface area contributed by atoms with Crippen LogP contribution in [0.1, 0.15) is 17.0 Å². The summed E-state index contributed by atoms with van der Waals surface area (Å²) in [5.41, 5.74) is 10.9.